The van der Waals surface area contributed by atoms with Crippen LogP contribution < -0.4 is 0 Å². The monoisotopic (exact) mass is 369 g/mol. The molecule has 0 bridgehead atoms. The fraction of sp³-hybridized carbons (Fsp3) is 0.350. The second kappa shape index (κ2) is 7.91. The predicted molar refractivity (Wildman–Crippen MR) is 102 cm³/mol. The van der Waals surface area contributed by atoms with Gasteiger partial charge in [-0.15, -0.1) is 0 Å². The van der Waals surface area contributed by atoms with E-state index in [1.165, 1.54) is 22.9 Å². The van der Waals surface area contributed by atoms with Crippen LogP contribution in [-0.4, -0.2) is 52.8 Å². The van der Waals surface area contributed by atoms with Crippen LogP contribution in [-0.2, 0) is 4.79 Å². The van der Waals surface area contributed by atoms with E-state index in [2.05, 4.69) is 37.0 Å². The third-order valence-electron chi connectivity index (χ3n) is 4.71. The van der Waals surface area contributed by atoms with Gasteiger partial charge in [0.15, 0.2) is 0 Å². The van der Waals surface area contributed by atoms with Gasteiger partial charge < -0.3 is 9.80 Å². The highest BCUT2D eigenvalue weighted by Gasteiger charge is 2.25. The number of carbonyl (C=O) groups excluding carboxylic acids is 2. The maximum atomic E-state index is 13.0. The number of rotatable bonds is 3. The summed E-state index contributed by atoms with van der Waals surface area (Å²) in [4.78, 5) is 33.5. The third kappa shape index (κ3) is 4.07. The summed E-state index contributed by atoms with van der Waals surface area (Å²) in [5, 5.41) is 0.717. The summed E-state index contributed by atoms with van der Waals surface area (Å²) in [5.74, 6) is 0.0390. The molecule has 1 aliphatic rings. The highest BCUT2D eigenvalue weighted by atomic mass is 32.2. The maximum Gasteiger partial charge on any atom is 0.256 e. The Morgan fingerprint density at radius 3 is 2.35 bits per heavy atom. The third-order valence-corrected chi connectivity index (χ3v) is 5.71. The van der Waals surface area contributed by atoms with Crippen molar-refractivity contribution in [3.63, 3.8) is 0 Å². The Kier molecular flexibility index (Phi) is 5.61. The number of pyridine rings is 1. The summed E-state index contributed by atoms with van der Waals surface area (Å²) >= 11 is 1.51. The largest absolute Gasteiger partial charge is 0.339 e. The number of aryl methyl sites for hydroxylation is 2. The van der Waals surface area contributed by atoms with Gasteiger partial charge in [0.05, 0.1) is 5.56 Å². The van der Waals surface area contributed by atoms with Crippen LogP contribution in [0.4, 0.5) is 0 Å². The Labute approximate surface area is 158 Å². The minimum Gasteiger partial charge on any atom is -0.339 e. The molecule has 0 saturated carbocycles. The molecule has 26 heavy (non-hydrogen) atoms. The van der Waals surface area contributed by atoms with E-state index < -0.39 is 0 Å². The zero-order chi connectivity index (χ0) is 18.7. The second-order valence-electron chi connectivity index (χ2n) is 6.50. The molecule has 136 valence electrons. The first-order chi connectivity index (χ1) is 12.5. The van der Waals surface area contributed by atoms with Crippen LogP contribution in [0.5, 0.6) is 0 Å². The number of amides is 2. The fourth-order valence-electron chi connectivity index (χ4n) is 2.92. The number of nitrogens with zero attached hydrogens (tertiary/aromatic N) is 3. The standard InChI is InChI=1S/C20H23N3O2S/c1-14-6-7-17(13-15(14)2)26-19-18(5-4-8-21-19)20(25)23-11-9-22(10-12-23)16(3)24/h4-8,13H,9-12H2,1-3H3. The number of carbonyl (C=O) groups is 2. The second-order valence-corrected chi connectivity index (χ2v) is 7.56. The zero-order valence-electron chi connectivity index (χ0n) is 15.4. The van der Waals surface area contributed by atoms with Crippen molar-refractivity contribution in [2.75, 3.05) is 26.2 Å². The molecule has 0 N–H and O–H groups in total. The Hall–Kier alpha value is -2.34. The molecule has 2 heterocycles. The Morgan fingerprint density at radius 2 is 1.69 bits per heavy atom. The Morgan fingerprint density at radius 1 is 1.00 bits per heavy atom. The number of hydrogen-bond donors (Lipinski definition) is 0. The van der Waals surface area contributed by atoms with Crippen molar-refractivity contribution < 1.29 is 9.59 Å². The van der Waals surface area contributed by atoms with Crippen LogP contribution in [0.3, 0.4) is 0 Å². The summed E-state index contributed by atoms with van der Waals surface area (Å²) < 4.78 is 0. The first-order valence-electron chi connectivity index (χ1n) is 8.70. The lowest BCUT2D eigenvalue weighted by Gasteiger charge is -2.34. The molecule has 2 aromatic rings. The van der Waals surface area contributed by atoms with Crippen LogP contribution in [0.2, 0.25) is 0 Å². The van der Waals surface area contributed by atoms with E-state index in [9.17, 15) is 9.59 Å². The lowest BCUT2D eigenvalue weighted by atomic mass is 10.1. The summed E-state index contributed by atoms with van der Waals surface area (Å²) in [6, 6.07) is 9.89. The van der Waals surface area contributed by atoms with E-state index in [0.717, 1.165) is 9.92 Å². The Bertz CT molecular complexity index is 830. The molecule has 3 rings (SSSR count). The van der Waals surface area contributed by atoms with Crippen LogP contribution in [0.25, 0.3) is 0 Å². The van der Waals surface area contributed by atoms with Crippen LogP contribution >= 0.6 is 11.8 Å². The van der Waals surface area contributed by atoms with Crippen molar-refractivity contribution in [2.45, 2.75) is 30.7 Å². The lowest BCUT2D eigenvalue weighted by molar-refractivity contribution is -0.130. The molecule has 2 amide bonds. The fourth-order valence-corrected chi connectivity index (χ4v) is 3.89. The Balaban J connectivity index is 1.77. The molecule has 1 aliphatic heterocycles. The van der Waals surface area contributed by atoms with Crippen molar-refractivity contribution in [2.24, 2.45) is 0 Å². The first-order valence-corrected chi connectivity index (χ1v) is 9.52. The molecule has 0 radical (unpaired) electrons. The summed E-state index contributed by atoms with van der Waals surface area (Å²) in [7, 11) is 0. The van der Waals surface area contributed by atoms with Gasteiger partial charge in [-0.1, -0.05) is 17.8 Å². The normalized spacial score (nSPS) is 14.4. The van der Waals surface area contributed by atoms with Crippen molar-refractivity contribution in [1.29, 1.82) is 0 Å². The van der Waals surface area contributed by atoms with Crippen LogP contribution in [0.1, 0.15) is 28.4 Å². The molecule has 0 atom stereocenters. The smallest absolute Gasteiger partial charge is 0.256 e. The van der Waals surface area contributed by atoms with Gasteiger partial charge in [-0.05, 0) is 49.2 Å². The molecule has 6 heteroatoms. The molecule has 5 nitrogen and oxygen atoms in total. The van der Waals surface area contributed by atoms with E-state index in [-0.39, 0.29) is 11.8 Å². The van der Waals surface area contributed by atoms with Crippen LogP contribution in [0, 0.1) is 13.8 Å². The molecular formula is C20H23N3O2S. The van der Waals surface area contributed by atoms with Crippen molar-refractivity contribution in [1.82, 2.24) is 14.8 Å². The number of aromatic nitrogens is 1. The van der Waals surface area contributed by atoms with Gasteiger partial charge in [0.1, 0.15) is 5.03 Å². The SMILES string of the molecule is CC(=O)N1CCN(C(=O)c2cccnc2Sc2ccc(C)c(C)c2)CC1. The average molecular weight is 369 g/mol. The van der Waals surface area contributed by atoms with Gasteiger partial charge in [-0.2, -0.15) is 0 Å². The minimum absolute atomic E-state index is 0.0207. The summed E-state index contributed by atoms with van der Waals surface area (Å²) in [6.45, 7) is 8.01. The van der Waals surface area contributed by atoms with Gasteiger partial charge in [-0.25, -0.2) is 4.98 Å². The molecule has 1 aromatic carbocycles. The molecule has 1 saturated heterocycles. The maximum absolute atomic E-state index is 13.0. The van der Waals surface area contributed by atoms with E-state index in [4.69, 9.17) is 0 Å². The average Bonchev–Trinajstić information content (AvgIpc) is 2.65. The highest BCUT2D eigenvalue weighted by Crippen LogP contribution is 2.30. The predicted octanol–water partition coefficient (Wildman–Crippen LogP) is 3.15. The molecule has 1 aromatic heterocycles. The van der Waals surface area contributed by atoms with Crippen LogP contribution in [0.15, 0.2) is 46.5 Å². The van der Waals surface area contributed by atoms with Crippen molar-refractivity contribution >= 4 is 23.6 Å². The van der Waals surface area contributed by atoms with E-state index in [0.29, 0.717) is 31.7 Å². The quantitative estimate of drug-likeness (QED) is 0.834. The topological polar surface area (TPSA) is 53.5 Å². The van der Waals surface area contributed by atoms with Gasteiger partial charge in [0.2, 0.25) is 5.91 Å². The van der Waals surface area contributed by atoms with Crippen molar-refractivity contribution in [3.05, 3.63) is 53.2 Å². The number of piperazine rings is 1. The minimum atomic E-state index is -0.0207. The first kappa shape index (κ1) is 18.5. The van der Waals surface area contributed by atoms with Gasteiger partial charge in [0, 0.05) is 44.2 Å². The van der Waals surface area contributed by atoms with E-state index in [1.807, 2.05) is 6.07 Å². The molecule has 0 unspecified atom stereocenters. The lowest BCUT2D eigenvalue weighted by Crippen LogP contribution is -2.50. The van der Waals surface area contributed by atoms with Gasteiger partial charge in [-0.3, -0.25) is 9.59 Å². The number of hydrogen-bond acceptors (Lipinski definition) is 4. The van der Waals surface area contributed by atoms with Gasteiger partial charge >= 0.3 is 0 Å². The van der Waals surface area contributed by atoms with E-state index >= 15 is 0 Å². The highest BCUT2D eigenvalue weighted by molar-refractivity contribution is 7.99. The molecule has 0 spiro atoms. The molecule has 0 aliphatic carbocycles. The van der Waals surface area contributed by atoms with Gasteiger partial charge in [0.25, 0.3) is 5.91 Å². The van der Waals surface area contributed by atoms with Crippen molar-refractivity contribution in [3.8, 4) is 0 Å². The molecular weight excluding hydrogens is 346 g/mol. The molecule has 1 fully saturated rings. The zero-order valence-corrected chi connectivity index (χ0v) is 16.2. The summed E-state index contributed by atoms with van der Waals surface area (Å²) in [6.07, 6.45) is 1.72. The summed E-state index contributed by atoms with van der Waals surface area (Å²) in [5.41, 5.74) is 3.08. The number of benzene rings is 1. The van der Waals surface area contributed by atoms with E-state index in [1.54, 1.807) is 29.0 Å².